The number of halogens is 1. The first-order chi connectivity index (χ1) is 8.63. The lowest BCUT2D eigenvalue weighted by molar-refractivity contribution is 0.0816. The van der Waals surface area contributed by atoms with Crippen molar-refractivity contribution >= 4 is 21.7 Å². The number of nitrogens with one attached hydrogen (secondary N) is 1. The Balaban J connectivity index is 2.29. The Morgan fingerprint density at radius 2 is 2.33 bits per heavy atom. The van der Waals surface area contributed by atoms with Crippen molar-refractivity contribution in [3.8, 4) is 5.75 Å². The van der Waals surface area contributed by atoms with Crippen LogP contribution in [-0.4, -0.2) is 50.5 Å². The number of Topliss-reactive ketones (excluding diaryl/α,β-unsaturated/α-hetero) is 1. The first-order valence-electron chi connectivity index (χ1n) is 5.92. The summed E-state index contributed by atoms with van der Waals surface area (Å²) in [5, 5.41) is 3.25. The zero-order valence-corrected chi connectivity index (χ0v) is 12.2. The van der Waals surface area contributed by atoms with E-state index in [1.807, 2.05) is 25.2 Å². The maximum absolute atomic E-state index is 12.6. The molecule has 0 saturated carbocycles. The van der Waals surface area contributed by atoms with E-state index >= 15 is 0 Å². The van der Waals surface area contributed by atoms with Gasteiger partial charge in [0.25, 0.3) is 0 Å². The number of ketones is 1. The van der Waals surface area contributed by atoms with Crippen molar-refractivity contribution in [1.29, 1.82) is 0 Å². The number of piperazine rings is 1. The Morgan fingerprint density at radius 3 is 3.00 bits per heavy atom. The molecular formula is C13H17BrN2O2. The molecule has 18 heavy (non-hydrogen) atoms. The molecule has 1 atom stereocenters. The Bertz CT molecular complexity index is 451. The van der Waals surface area contributed by atoms with Crippen molar-refractivity contribution in [2.75, 3.05) is 33.8 Å². The molecule has 1 aliphatic heterocycles. The molecule has 0 aromatic heterocycles. The quantitative estimate of drug-likeness (QED) is 0.860. The van der Waals surface area contributed by atoms with Gasteiger partial charge in [-0.05, 0) is 25.2 Å². The maximum Gasteiger partial charge on any atom is 0.185 e. The second kappa shape index (κ2) is 5.82. The van der Waals surface area contributed by atoms with Gasteiger partial charge >= 0.3 is 0 Å². The highest BCUT2D eigenvalue weighted by molar-refractivity contribution is 9.10. The van der Waals surface area contributed by atoms with Crippen LogP contribution in [0.5, 0.6) is 5.75 Å². The number of carbonyl (C=O) groups excluding carboxylic acids is 1. The van der Waals surface area contributed by atoms with Gasteiger partial charge in [0.2, 0.25) is 0 Å². The molecule has 98 valence electrons. The molecule has 5 heteroatoms. The van der Waals surface area contributed by atoms with E-state index in [1.165, 1.54) is 0 Å². The van der Waals surface area contributed by atoms with Gasteiger partial charge in [-0.3, -0.25) is 9.69 Å². The van der Waals surface area contributed by atoms with E-state index in [4.69, 9.17) is 4.74 Å². The Labute approximate surface area is 115 Å². The number of rotatable bonds is 3. The van der Waals surface area contributed by atoms with Crippen LogP contribution in [0.25, 0.3) is 0 Å². The van der Waals surface area contributed by atoms with Crippen LogP contribution in [0.2, 0.25) is 0 Å². The molecule has 1 aromatic rings. The van der Waals surface area contributed by atoms with Crippen LogP contribution < -0.4 is 10.1 Å². The topological polar surface area (TPSA) is 41.6 Å². The predicted molar refractivity (Wildman–Crippen MR) is 74.3 cm³/mol. The highest BCUT2D eigenvalue weighted by atomic mass is 79.9. The SMILES string of the molecule is COc1ccc(Br)cc1C(=O)C1CNCCN1C. The monoisotopic (exact) mass is 312 g/mol. The van der Waals surface area contributed by atoms with Crippen molar-refractivity contribution in [2.24, 2.45) is 0 Å². The zero-order chi connectivity index (χ0) is 13.1. The molecule has 1 heterocycles. The number of ether oxygens (including phenoxy) is 1. The summed E-state index contributed by atoms with van der Waals surface area (Å²) in [6.07, 6.45) is 0. The third-order valence-electron chi connectivity index (χ3n) is 3.24. The molecular weight excluding hydrogens is 296 g/mol. The normalized spacial score (nSPS) is 20.7. The predicted octanol–water partition coefficient (Wildman–Crippen LogP) is 1.54. The van der Waals surface area contributed by atoms with E-state index in [9.17, 15) is 4.79 Å². The number of nitrogens with zero attached hydrogens (tertiary/aromatic N) is 1. The third-order valence-corrected chi connectivity index (χ3v) is 3.73. The van der Waals surface area contributed by atoms with E-state index in [-0.39, 0.29) is 11.8 Å². The largest absolute Gasteiger partial charge is 0.496 e. The fourth-order valence-electron chi connectivity index (χ4n) is 2.15. The van der Waals surface area contributed by atoms with Gasteiger partial charge in [-0.15, -0.1) is 0 Å². The number of methoxy groups -OCH3 is 1. The lowest BCUT2D eigenvalue weighted by atomic mass is 10.0. The molecule has 0 amide bonds. The summed E-state index contributed by atoms with van der Waals surface area (Å²) in [4.78, 5) is 14.6. The van der Waals surface area contributed by atoms with Crippen LogP contribution in [0.4, 0.5) is 0 Å². The van der Waals surface area contributed by atoms with E-state index in [2.05, 4.69) is 26.1 Å². The fraction of sp³-hybridized carbons (Fsp3) is 0.462. The van der Waals surface area contributed by atoms with Crippen LogP contribution in [0.15, 0.2) is 22.7 Å². The van der Waals surface area contributed by atoms with Gasteiger partial charge in [-0.2, -0.15) is 0 Å². The van der Waals surface area contributed by atoms with Gasteiger partial charge in [0.05, 0.1) is 18.7 Å². The Hall–Kier alpha value is -0.910. The highest BCUT2D eigenvalue weighted by Crippen LogP contribution is 2.25. The van der Waals surface area contributed by atoms with Crippen molar-refractivity contribution in [3.05, 3.63) is 28.2 Å². The number of carbonyl (C=O) groups is 1. The molecule has 0 bridgehead atoms. The number of likely N-dealkylation sites (N-methyl/N-ethyl adjacent to an activating group) is 1. The van der Waals surface area contributed by atoms with Crippen LogP contribution in [-0.2, 0) is 0 Å². The summed E-state index contributed by atoms with van der Waals surface area (Å²) in [5.41, 5.74) is 0.632. The second-order valence-corrected chi connectivity index (χ2v) is 5.33. The number of hydrogen-bond acceptors (Lipinski definition) is 4. The van der Waals surface area contributed by atoms with Crippen molar-refractivity contribution in [1.82, 2.24) is 10.2 Å². The van der Waals surface area contributed by atoms with Gasteiger partial charge in [-0.25, -0.2) is 0 Å². The summed E-state index contributed by atoms with van der Waals surface area (Å²) in [6.45, 7) is 2.49. The molecule has 1 fully saturated rings. The molecule has 1 saturated heterocycles. The minimum Gasteiger partial charge on any atom is -0.496 e. The molecule has 0 radical (unpaired) electrons. The van der Waals surface area contributed by atoms with E-state index in [1.54, 1.807) is 7.11 Å². The van der Waals surface area contributed by atoms with Gasteiger partial charge < -0.3 is 10.1 Å². The molecule has 1 aliphatic rings. The maximum atomic E-state index is 12.6. The third kappa shape index (κ3) is 2.74. The first kappa shape index (κ1) is 13.5. The smallest absolute Gasteiger partial charge is 0.185 e. The molecule has 1 aromatic carbocycles. The number of hydrogen-bond donors (Lipinski definition) is 1. The molecule has 0 aliphatic carbocycles. The zero-order valence-electron chi connectivity index (χ0n) is 10.6. The van der Waals surface area contributed by atoms with E-state index in [0.29, 0.717) is 17.9 Å². The van der Waals surface area contributed by atoms with Crippen molar-refractivity contribution < 1.29 is 9.53 Å². The Morgan fingerprint density at radius 1 is 1.56 bits per heavy atom. The van der Waals surface area contributed by atoms with Crippen LogP contribution in [0, 0.1) is 0 Å². The van der Waals surface area contributed by atoms with Crippen molar-refractivity contribution in [3.63, 3.8) is 0 Å². The molecule has 1 unspecified atom stereocenters. The summed E-state index contributed by atoms with van der Waals surface area (Å²) in [7, 11) is 3.57. The summed E-state index contributed by atoms with van der Waals surface area (Å²) in [6, 6.07) is 5.39. The minimum atomic E-state index is -0.123. The lowest BCUT2D eigenvalue weighted by Crippen LogP contribution is -2.53. The van der Waals surface area contributed by atoms with Crippen molar-refractivity contribution in [2.45, 2.75) is 6.04 Å². The van der Waals surface area contributed by atoms with E-state index in [0.717, 1.165) is 17.6 Å². The van der Waals surface area contributed by atoms with Gasteiger partial charge in [0, 0.05) is 24.1 Å². The van der Waals surface area contributed by atoms with Crippen LogP contribution >= 0.6 is 15.9 Å². The summed E-state index contributed by atoms with van der Waals surface area (Å²) < 4.78 is 6.15. The molecule has 2 rings (SSSR count). The fourth-order valence-corrected chi connectivity index (χ4v) is 2.51. The first-order valence-corrected chi connectivity index (χ1v) is 6.71. The van der Waals surface area contributed by atoms with Crippen LogP contribution in [0.3, 0.4) is 0 Å². The molecule has 1 N–H and O–H groups in total. The summed E-state index contributed by atoms with van der Waals surface area (Å²) >= 11 is 3.40. The average molecular weight is 313 g/mol. The minimum absolute atomic E-state index is 0.0999. The Kier molecular flexibility index (Phi) is 4.37. The molecule has 4 nitrogen and oxygen atoms in total. The van der Waals surface area contributed by atoms with Gasteiger partial charge in [-0.1, -0.05) is 15.9 Å². The lowest BCUT2D eigenvalue weighted by Gasteiger charge is -2.32. The summed E-state index contributed by atoms with van der Waals surface area (Å²) in [5.74, 6) is 0.727. The standard InChI is InChI=1S/C13H17BrN2O2/c1-16-6-5-15-8-11(16)13(17)10-7-9(14)3-4-12(10)18-2/h3-4,7,11,15H,5-6,8H2,1-2H3. The van der Waals surface area contributed by atoms with Crippen LogP contribution in [0.1, 0.15) is 10.4 Å². The van der Waals surface area contributed by atoms with Gasteiger partial charge in [0.1, 0.15) is 5.75 Å². The molecule has 0 spiro atoms. The van der Waals surface area contributed by atoms with Gasteiger partial charge in [0.15, 0.2) is 5.78 Å². The van der Waals surface area contributed by atoms with E-state index < -0.39 is 0 Å². The second-order valence-electron chi connectivity index (χ2n) is 4.41. The highest BCUT2D eigenvalue weighted by Gasteiger charge is 2.28. The average Bonchev–Trinajstić information content (AvgIpc) is 2.38. The number of benzene rings is 1.